The average molecular weight is 362 g/mol. The van der Waals surface area contributed by atoms with Gasteiger partial charge in [0.2, 0.25) is 5.91 Å². The Kier molecular flexibility index (Phi) is 8.21. The van der Waals surface area contributed by atoms with Gasteiger partial charge in [-0.3, -0.25) is 9.79 Å². The highest BCUT2D eigenvalue weighted by molar-refractivity contribution is 5.90. The third-order valence-corrected chi connectivity index (χ3v) is 4.07. The molecule has 0 unspecified atom stereocenters. The van der Waals surface area contributed by atoms with Gasteiger partial charge in [0.05, 0.1) is 12.8 Å². The zero-order valence-electron chi connectivity index (χ0n) is 15.9. The SMILES string of the molecule is CN=C(NCCCOCC1CC1)NCc1ccc(OC)c(NC(C)=O)c1. The number of rotatable bonds is 10. The molecule has 26 heavy (non-hydrogen) atoms. The van der Waals surface area contributed by atoms with Gasteiger partial charge >= 0.3 is 0 Å². The van der Waals surface area contributed by atoms with E-state index in [1.165, 1.54) is 19.8 Å². The first-order chi connectivity index (χ1) is 12.6. The minimum Gasteiger partial charge on any atom is -0.495 e. The van der Waals surface area contributed by atoms with Crippen LogP contribution in [0, 0.1) is 5.92 Å². The fourth-order valence-electron chi connectivity index (χ4n) is 2.47. The molecule has 1 aliphatic carbocycles. The van der Waals surface area contributed by atoms with Gasteiger partial charge in [-0.15, -0.1) is 0 Å². The first-order valence-electron chi connectivity index (χ1n) is 9.09. The normalized spacial score (nSPS) is 14.0. The van der Waals surface area contributed by atoms with E-state index in [9.17, 15) is 4.79 Å². The maximum absolute atomic E-state index is 11.3. The van der Waals surface area contributed by atoms with Crippen molar-refractivity contribution < 1.29 is 14.3 Å². The number of nitrogens with zero attached hydrogens (tertiary/aromatic N) is 1. The average Bonchev–Trinajstić information content (AvgIpc) is 3.44. The standard InChI is InChI=1S/C19H30N4O3/c1-14(24)23-17-11-16(7-8-18(17)25-3)12-22-19(20-2)21-9-4-10-26-13-15-5-6-15/h7-8,11,15H,4-6,9-10,12-13H2,1-3H3,(H,23,24)(H2,20,21,22). The van der Waals surface area contributed by atoms with Crippen molar-refractivity contribution in [2.45, 2.75) is 32.7 Å². The van der Waals surface area contributed by atoms with Crippen LogP contribution in [0.1, 0.15) is 31.7 Å². The second-order valence-electron chi connectivity index (χ2n) is 6.44. The van der Waals surface area contributed by atoms with E-state index in [1.54, 1.807) is 14.2 Å². The molecule has 0 saturated heterocycles. The molecule has 0 aliphatic heterocycles. The highest BCUT2D eigenvalue weighted by Crippen LogP contribution is 2.28. The van der Waals surface area contributed by atoms with Gasteiger partial charge in [-0.05, 0) is 42.9 Å². The number of nitrogens with one attached hydrogen (secondary N) is 3. The molecule has 0 spiro atoms. The summed E-state index contributed by atoms with van der Waals surface area (Å²) < 4.78 is 10.9. The summed E-state index contributed by atoms with van der Waals surface area (Å²) in [4.78, 5) is 15.5. The van der Waals surface area contributed by atoms with Crippen molar-refractivity contribution >= 4 is 17.6 Å². The lowest BCUT2D eigenvalue weighted by Crippen LogP contribution is -2.37. The van der Waals surface area contributed by atoms with Crippen molar-refractivity contribution in [2.24, 2.45) is 10.9 Å². The third kappa shape index (κ3) is 7.31. The Morgan fingerprint density at radius 2 is 2.12 bits per heavy atom. The first kappa shape index (κ1) is 20.0. The van der Waals surface area contributed by atoms with E-state index >= 15 is 0 Å². The van der Waals surface area contributed by atoms with Crippen LogP contribution < -0.4 is 20.7 Å². The number of aliphatic imine (C=N–C) groups is 1. The predicted molar refractivity (Wildman–Crippen MR) is 104 cm³/mol. The highest BCUT2D eigenvalue weighted by Gasteiger charge is 2.20. The van der Waals surface area contributed by atoms with Crippen LogP contribution in [0.15, 0.2) is 23.2 Å². The second kappa shape index (κ2) is 10.7. The van der Waals surface area contributed by atoms with Crippen LogP contribution in [-0.4, -0.2) is 45.8 Å². The lowest BCUT2D eigenvalue weighted by molar-refractivity contribution is -0.114. The lowest BCUT2D eigenvalue weighted by atomic mass is 10.2. The molecule has 1 aromatic carbocycles. The quantitative estimate of drug-likeness (QED) is 0.337. The van der Waals surface area contributed by atoms with Gasteiger partial charge in [0, 0.05) is 40.3 Å². The van der Waals surface area contributed by atoms with Gasteiger partial charge in [-0.25, -0.2) is 0 Å². The number of carbonyl (C=O) groups excluding carboxylic acids is 1. The Balaban J connectivity index is 1.73. The Bertz CT molecular complexity index is 615. The van der Waals surface area contributed by atoms with Crippen LogP contribution in [0.2, 0.25) is 0 Å². The zero-order chi connectivity index (χ0) is 18.8. The molecule has 1 saturated carbocycles. The number of carbonyl (C=O) groups is 1. The van der Waals surface area contributed by atoms with E-state index in [4.69, 9.17) is 9.47 Å². The predicted octanol–water partition coefficient (Wildman–Crippen LogP) is 2.14. The molecule has 1 amide bonds. The summed E-state index contributed by atoms with van der Waals surface area (Å²) in [6.07, 6.45) is 3.59. The number of anilines is 1. The van der Waals surface area contributed by atoms with Crippen LogP contribution in [0.3, 0.4) is 0 Å². The Morgan fingerprint density at radius 3 is 2.77 bits per heavy atom. The molecule has 144 valence electrons. The molecule has 1 aliphatic rings. The van der Waals surface area contributed by atoms with Crippen molar-refractivity contribution in [3.05, 3.63) is 23.8 Å². The molecule has 7 nitrogen and oxygen atoms in total. The number of methoxy groups -OCH3 is 1. The van der Waals surface area contributed by atoms with E-state index in [1.807, 2.05) is 18.2 Å². The summed E-state index contributed by atoms with van der Waals surface area (Å²) in [5.74, 6) is 2.06. The molecular weight excluding hydrogens is 332 g/mol. The van der Waals surface area contributed by atoms with E-state index in [2.05, 4.69) is 20.9 Å². The van der Waals surface area contributed by atoms with Gasteiger partial charge < -0.3 is 25.4 Å². The van der Waals surface area contributed by atoms with Crippen LogP contribution in [-0.2, 0) is 16.1 Å². The van der Waals surface area contributed by atoms with Gasteiger partial charge in [-0.2, -0.15) is 0 Å². The summed E-state index contributed by atoms with van der Waals surface area (Å²) in [6, 6.07) is 5.69. The molecule has 7 heteroatoms. The zero-order valence-corrected chi connectivity index (χ0v) is 15.9. The van der Waals surface area contributed by atoms with Crippen molar-refractivity contribution in [3.63, 3.8) is 0 Å². The summed E-state index contributed by atoms with van der Waals surface area (Å²) >= 11 is 0. The largest absolute Gasteiger partial charge is 0.495 e. The minimum atomic E-state index is -0.130. The van der Waals surface area contributed by atoms with Crippen LogP contribution >= 0.6 is 0 Å². The van der Waals surface area contributed by atoms with Crippen LogP contribution in [0.5, 0.6) is 5.75 Å². The number of amides is 1. The summed E-state index contributed by atoms with van der Waals surface area (Å²) in [7, 11) is 3.33. The van der Waals surface area contributed by atoms with Crippen molar-refractivity contribution in [3.8, 4) is 5.75 Å². The molecule has 2 rings (SSSR count). The second-order valence-corrected chi connectivity index (χ2v) is 6.44. The maximum Gasteiger partial charge on any atom is 0.221 e. The van der Waals surface area contributed by atoms with Gasteiger partial charge in [0.15, 0.2) is 5.96 Å². The fraction of sp³-hybridized carbons (Fsp3) is 0.579. The number of hydrogen-bond donors (Lipinski definition) is 3. The fourth-order valence-corrected chi connectivity index (χ4v) is 2.47. The summed E-state index contributed by atoms with van der Waals surface area (Å²) in [5, 5.41) is 9.33. The number of benzene rings is 1. The summed E-state index contributed by atoms with van der Waals surface area (Å²) in [5.41, 5.74) is 1.68. The summed E-state index contributed by atoms with van der Waals surface area (Å²) in [6.45, 7) is 4.56. The number of guanidine groups is 1. The van der Waals surface area contributed by atoms with Crippen LogP contribution in [0.25, 0.3) is 0 Å². The van der Waals surface area contributed by atoms with E-state index in [0.29, 0.717) is 18.0 Å². The Hall–Kier alpha value is -2.28. The van der Waals surface area contributed by atoms with Gasteiger partial charge in [-0.1, -0.05) is 6.07 Å². The monoisotopic (exact) mass is 362 g/mol. The van der Waals surface area contributed by atoms with Gasteiger partial charge in [0.1, 0.15) is 5.75 Å². The minimum absolute atomic E-state index is 0.130. The van der Waals surface area contributed by atoms with Crippen molar-refractivity contribution in [2.75, 3.05) is 39.2 Å². The van der Waals surface area contributed by atoms with E-state index in [-0.39, 0.29) is 5.91 Å². The van der Waals surface area contributed by atoms with E-state index in [0.717, 1.165) is 43.6 Å². The number of ether oxygens (including phenoxy) is 2. The molecule has 0 heterocycles. The molecule has 0 bridgehead atoms. The molecule has 1 aromatic rings. The molecule has 0 atom stereocenters. The molecule has 1 fully saturated rings. The molecule has 3 N–H and O–H groups in total. The van der Waals surface area contributed by atoms with Crippen LogP contribution in [0.4, 0.5) is 5.69 Å². The molecule has 0 radical (unpaired) electrons. The van der Waals surface area contributed by atoms with Crippen molar-refractivity contribution in [1.82, 2.24) is 10.6 Å². The maximum atomic E-state index is 11.3. The highest BCUT2D eigenvalue weighted by atomic mass is 16.5. The topological polar surface area (TPSA) is 84.0 Å². The van der Waals surface area contributed by atoms with Gasteiger partial charge in [0.25, 0.3) is 0 Å². The first-order valence-corrected chi connectivity index (χ1v) is 9.09. The molecular formula is C19H30N4O3. The number of hydrogen-bond acceptors (Lipinski definition) is 4. The Morgan fingerprint density at radius 1 is 1.31 bits per heavy atom. The Labute approximate surface area is 155 Å². The third-order valence-electron chi connectivity index (χ3n) is 4.07. The lowest BCUT2D eigenvalue weighted by Gasteiger charge is -2.14. The van der Waals surface area contributed by atoms with Crippen molar-refractivity contribution in [1.29, 1.82) is 0 Å². The smallest absolute Gasteiger partial charge is 0.221 e. The van der Waals surface area contributed by atoms with E-state index < -0.39 is 0 Å². The molecule has 0 aromatic heterocycles.